The molecule has 1 aliphatic rings. The number of benzene rings is 1. The number of carbonyl (C=O) groups excluding carboxylic acids is 1. The standard InChI is InChI=1S/C20H28O6/c1-7-20(6)9-8-14(25-20)19(4,5)26-18-13(22)10-12(21)15(17(18)24)16(23)11(2)3/h7,10-11,14,21-22,24H,1,8-9H2,2-6H3/t14-,20+/m0/s1. The van der Waals surface area contributed by atoms with Gasteiger partial charge in [0.15, 0.2) is 17.3 Å². The molecule has 26 heavy (non-hydrogen) atoms. The van der Waals surface area contributed by atoms with Crippen molar-refractivity contribution >= 4 is 5.78 Å². The number of rotatable bonds is 6. The largest absolute Gasteiger partial charge is 0.507 e. The van der Waals surface area contributed by atoms with Crippen molar-refractivity contribution in [2.75, 3.05) is 0 Å². The molecule has 2 atom stereocenters. The number of aromatic hydroxyl groups is 3. The lowest BCUT2D eigenvalue weighted by Gasteiger charge is -2.34. The van der Waals surface area contributed by atoms with Gasteiger partial charge in [0.2, 0.25) is 5.75 Å². The van der Waals surface area contributed by atoms with E-state index in [2.05, 4.69) is 6.58 Å². The third kappa shape index (κ3) is 3.65. The molecule has 1 saturated heterocycles. The highest BCUT2D eigenvalue weighted by Gasteiger charge is 2.44. The van der Waals surface area contributed by atoms with Crippen LogP contribution in [0.1, 0.15) is 57.8 Å². The Balaban J connectivity index is 2.38. The van der Waals surface area contributed by atoms with Crippen LogP contribution in [0.25, 0.3) is 0 Å². The van der Waals surface area contributed by atoms with E-state index in [9.17, 15) is 20.1 Å². The molecule has 1 aliphatic heterocycles. The second-order valence-electron chi connectivity index (χ2n) is 7.85. The van der Waals surface area contributed by atoms with Gasteiger partial charge in [-0.05, 0) is 33.6 Å². The van der Waals surface area contributed by atoms with Crippen molar-refractivity contribution in [3.63, 3.8) is 0 Å². The van der Waals surface area contributed by atoms with Crippen molar-refractivity contribution in [1.29, 1.82) is 0 Å². The fourth-order valence-electron chi connectivity index (χ4n) is 3.08. The van der Waals surface area contributed by atoms with E-state index in [1.54, 1.807) is 33.8 Å². The molecule has 2 rings (SSSR count). The number of ketones is 1. The Bertz CT molecular complexity index is 722. The molecule has 1 aromatic rings. The summed E-state index contributed by atoms with van der Waals surface area (Å²) in [6.45, 7) is 12.6. The molecule has 0 amide bonds. The number of carbonyl (C=O) groups is 1. The number of Topliss-reactive ketones (excluding diaryl/α,β-unsaturated/α-hetero) is 1. The van der Waals surface area contributed by atoms with Crippen molar-refractivity contribution in [3.8, 4) is 23.0 Å². The predicted molar refractivity (Wildman–Crippen MR) is 98.0 cm³/mol. The van der Waals surface area contributed by atoms with Crippen molar-refractivity contribution in [3.05, 3.63) is 24.3 Å². The first-order chi connectivity index (χ1) is 11.9. The fraction of sp³-hybridized carbons (Fsp3) is 0.550. The van der Waals surface area contributed by atoms with Crippen LogP contribution >= 0.6 is 0 Å². The van der Waals surface area contributed by atoms with E-state index in [4.69, 9.17) is 9.47 Å². The molecule has 3 N–H and O–H groups in total. The van der Waals surface area contributed by atoms with Gasteiger partial charge in [0.25, 0.3) is 0 Å². The minimum Gasteiger partial charge on any atom is -0.507 e. The molecule has 0 radical (unpaired) electrons. The van der Waals surface area contributed by atoms with Crippen molar-refractivity contribution in [1.82, 2.24) is 0 Å². The van der Waals surface area contributed by atoms with Gasteiger partial charge in [-0.1, -0.05) is 19.9 Å². The quantitative estimate of drug-likeness (QED) is 0.523. The Morgan fingerprint density at radius 1 is 1.38 bits per heavy atom. The monoisotopic (exact) mass is 364 g/mol. The summed E-state index contributed by atoms with van der Waals surface area (Å²) >= 11 is 0. The molecule has 6 nitrogen and oxygen atoms in total. The Labute approximate surface area is 154 Å². The first kappa shape index (κ1) is 20.1. The number of phenols is 3. The molecule has 0 spiro atoms. The lowest BCUT2D eigenvalue weighted by Crippen LogP contribution is -2.43. The van der Waals surface area contributed by atoms with Gasteiger partial charge >= 0.3 is 0 Å². The number of hydrogen-bond donors (Lipinski definition) is 3. The van der Waals surface area contributed by atoms with Crippen LogP contribution in [0, 0.1) is 5.92 Å². The van der Waals surface area contributed by atoms with Crippen LogP contribution in [-0.4, -0.2) is 38.4 Å². The molecule has 144 valence electrons. The van der Waals surface area contributed by atoms with Crippen LogP contribution in [0.15, 0.2) is 18.7 Å². The van der Waals surface area contributed by atoms with E-state index in [0.717, 1.165) is 12.5 Å². The predicted octanol–water partition coefficient (Wildman–Crippen LogP) is 3.92. The topological polar surface area (TPSA) is 96.2 Å². The maximum absolute atomic E-state index is 12.3. The summed E-state index contributed by atoms with van der Waals surface area (Å²) < 4.78 is 11.9. The summed E-state index contributed by atoms with van der Waals surface area (Å²) in [5.41, 5.74) is -1.61. The van der Waals surface area contributed by atoms with Gasteiger partial charge in [-0.2, -0.15) is 0 Å². The zero-order valence-corrected chi connectivity index (χ0v) is 16.0. The molecular weight excluding hydrogens is 336 g/mol. The Hall–Kier alpha value is -2.21. The van der Waals surface area contributed by atoms with Crippen molar-refractivity contribution < 1.29 is 29.6 Å². The minimum absolute atomic E-state index is 0.243. The van der Waals surface area contributed by atoms with Gasteiger partial charge in [-0.15, -0.1) is 6.58 Å². The van der Waals surface area contributed by atoms with E-state index in [-0.39, 0.29) is 17.4 Å². The number of hydrogen-bond acceptors (Lipinski definition) is 6. The smallest absolute Gasteiger partial charge is 0.204 e. The van der Waals surface area contributed by atoms with E-state index in [1.807, 2.05) is 6.92 Å². The lowest BCUT2D eigenvalue weighted by molar-refractivity contribution is -0.0885. The Kier molecular flexibility index (Phi) is 5.29. The second kappa shape index (κ2) is 6.83. The van der Waals surface area contributed by atoms with Gasteiger partial charge in [-0.3, -0.25) is 4.79 Å². The molecule has 0 bridgehead atoms. The van der Waals surface area contributed by atoms with E-state index >= 15 is 0 Å². The highest BCUT2D eigenvalue weighted by Crippen LogP contribution is 2.47. The molecule has 1 aromatic carbocycles. The third-order valence-electron chi connectivity index (χ3n) is 4.87. The average molecular weight is 364 g/mol. The molecular formula is C20H28O6. The molecule has 0 aliphatic carbocycles. The zero-order valence-electron chi connectivity index (χ0n) is 16.0. The third-order valence-corrected chi connectivity index (χ3v) is 4.87. The van der Waals surface area contributed by atoms with E-state index in [1.165, 1.54) is 0 Å². The van der Waals surface area contributed by atoms with E-state index in [0.29, 0.717) is 6.42 Å². The normalized spacial score (nSPS) is 23.2. The summed E-state index contributed by atoms with van der Waals surface area (Å²) in [6.07, 6.45) is 2.94. The summed E-state index contributed by atoms with van der Waals surface area (Å²) in [7, 11) is 0. The molecule has 0 unspecified atom stereocenters. The van der Waals surface area contributed by atoms with Crippen LogP contribution in [0.2, 0.25) is 0 Å². The Morgan fingerprint density at radius 3 is 2.50 bits per heavy atom. The number of phenolic OH excluding ortho intramolecular Hbond substituents is 3. The van der Waals surface area contributed by atoms with E-state index < -0.39 is 40.2 Å². The Morgan fingerprint density at radius 2 is 2.00 bits per heavy atom. The van der Waals surface area contributed by atoms with Crippen LogP contribution in [0.4, 0.5) is 0 Å². The van der Waals surface area contributed by atoms with Gasteiger partial charge < -0.3 is 24.8 Å². The second-order valence-corrected chi connectivity index (χ2v) is 7.85. The first-order valence-electron chi connectivity index (χ1n) is 8.74. The number of ether oxygens (including phenoxy) is 2. The van der Waals surface area contributed by atoms with Gasteiger partial charge in [0, 0.05) is 12.0 Å². The SMILES string of the molecule is C=C[C@]1(C)CC[C@@H](C(C)(C)Oc2c(O)cc(O)c(C(=O)C(C)C)c2O)O1. The average Bonchev–Trinajstić information content (AvgIpc) is 2.95. The summed E-state index contributed by atoms with van der Waals surface area (Å²) in [5, 5.41) is 30.7. The molecule has 6 heteroatoms. The first-order valence-corrected chi connectivity index (χ1v) is 8.74. The molecule has 0 aromatic heterocycles. The van der Waals surface area contributed by atoms with Gasteiger partial charge in [0.05, 0.1) is 11.7 Å². The van der Waals surface area contributed by atoms with Crippen LogP contribution in [0.5, 0.6) is 23.0 Å². The summed E-state index contributed by atoms with van der Waals surface area (Å²) in [5.74, 6) is -2.63. The maximum Gasteiger partial charge on any atom is 0.204 e. The van der Waals surface area contributed by atoms with Crippen LogP contribution in [0.3, 0.4) is 0 Å². The molecule has 1 heterocycles. The molecule has 1 fully saturated rings. The van der Waals surface area contributed by atoms with Gasteiger partial charge in [-0.25, -0.2) is 0 Å². The summed E-state index contributed by atoms with van der Waals surface area (Å²) in [4.78, 5) is 12.3. The van der Waals surface area contributed by atoms with Gasteiger partial charge in [0.1, 0.15) is 16.9 Å². The fourth-order valence-corrected chi connectivity index (χ4v) is 3.08. The maximum atomic E-state index is 12.3. The van der Waals surface area contributed by atoms with Crippen molar-refractivity contribution in [2.45, 2.75) is 64.8 Å². The zero-order chi connectivity index (χ0) is 19.9. The highest BCUT2D eigenvalue weighted by molar-refractivity contribution is 6.03. The minimum atomic E-state index is -0.898. The lowest BCUT2D eigenvalue weighted by atomic mass is 9.95. The highest BCUT2D eigenvalue weighted by atomic mass is 16.6. The van der Waals surface area contributed by atoms with Crippen LogP contribution < -0.4 is 4.74 Å². The summed E-state index contributed by atoms with van der Waals surface area (Å²) in [6, 6.07) is 1.00. The van der Waals surface area contributed by atoms with Crippen molar-refractivity contribution in [2.24, 2.45) is 5.92 Å². The molecule has 0 saturated carbocycles. The van der Waals surface area contributed by atoms with Crippen LogP contribution in [-0.2, 0) is 4.74 Å².